The second-order valence-corrected chi connectivity index (χ2v) is 6.37. The van der Waals surface area contributed by atoms with Gasteiger partial charge in [-0.25, -0.2) is 0 Å². The Kier molecular flexibility index (Phi) is 5.51. The molecule has 0 aliphatic carbocycles. The highest BCUT2D eigenvalue weighted by Gasteiger charge is 2.25. The van der Waals surface area contributed by atoms with Gasteiger partial charge in [-0.15, -0.1) is 0 Å². The smallest absolute Gasteiger partial charge is 0.272 e. The third kappa shape index (κ3) is 4.02. The number of nitrogens with zero attached hydrogens (tertiary/aromatic N) is 3. The summed E-state index contributed by atoms with van der Waals surface area (Å²) in [6, 6.07) is 11.1. The number of hydrogen-bond donors (Lipinski definition) is 0. The van der Waals surface area contributed by atoms with Crippen molar-refractivity contribution in [2.45, 2.75) is 13.3 Å². The molecule has 0 atom stereocenters. The molecule has 2 amide bonds. The van der Waals surface area contributed by atoms with E-state index in [1.54, 1.807) is 36.4 Å². The Morgan fingerprint density at radius 1 is 1.08 bits per heavy atom. The Morgan fingerprint density at radius 2 is 1.81 bits per heavy atom. The minimum Gasteiger partial charge on any atom is -0.496 e. The van der Waals surface area contributed by atoms with Crippen LogP contribution in [-0.2, 0) is 11.2 Å². The molecule has 2 heterocycles. The van der Waals surface area contributed by atoms with Gasteiger partial charge < -0.3 is 14.5 Å². The van der Waals surface area contributed by atoms with Gasteiger partial charge in [-0.05, 0) is 36.2 Å². The van der Waals surface area contributed by atoms with Crippen LogP contribution in [-0.4, -0.2) is 59.9 Å². The van der Waals surface area contributed by atoms with Gasteiger partial charge in [0.2, 0.25) is 5.91 Å². The second kappa shape index (κ2) is 7.99. The molecule has 1 aliphatic heterocycles. The maximum absolute atomic E-state index is 12.6. The summed E-state index contributed by atoms with van der Waals surface area (Å²) in [4.78, 5) is 32.7. The molecule has 6 heteroatoms. The fourth-order valence-electron chi connectivity index (χ4n) is 3.15. The number of methoxy groups -OCH3 is 1. The summed E-state index contributed by atoms with van der Waals surface area (Å²) in [5, 5.41) is 0. The lowest BCUT2D eigenvalue weighted by atomic mass is 10.1. The molecular formula is C20H23N3O3. The number of benzene rings is 1. The lowest BCUT2D eigenvalue weighted by molar-refractivity contribution is -0.131. The van der Waals surface area contributed by atoms with Crippen molar-refractivity contribution in [3.63, 3.8) is 0 Å². The van der Waals surface area contributed by atoms with Gasteiger partial charge in [-0.1, -0.05) is 18.2 Å². The number of carbonyl (C=O) groups excluding carboxylic acids is 2. The molecule has 1 aromatic carbocycles. The van der Waals surface area contributed by atoms with Crippen LogP contribution in [0.5, 0.6) is 5.75 Å². The number of aryl methyl sites for hydroxylation is 1. The van der Waals surface area contributed by atoms with E-state index in [9.17, 15) is 9.59 Å². The van der Waals surface area contributed by atoms with E-state index in [1.165, 1.54) is 0 Å². The van der Waals surface area contributed by atoms with E-state index in [2.05, 4.69) is 4.98 Å². The fraction of sp³-hybridized carbons (Fsp3) is 0.350. The van der Waals surface area contributed by atoms with Gasteiger partial charge in [0.25, 0.3) is 5.91 Å². The number of ether oxygens (including phenoxy) is 1. The van der Waals surface area contributed by atoms with Crippen LogP contribution in [0.1, 0.15) is 21.6 Å². The molecule has 6 nitrogen and oxygen atoms in total. The van der Waals surface area contributed by atoms with Gasteiger partial charge in [-0.3, -0.25) is 14.6 Å². The third-order valence-electron chi connectivity index (χ3n) is 4.62. The number of rotatable bonds is 4. The first-order chi connectivity index (χ1) is 12.6. The molecule has 2 aromatic rings. The molecule has 0 radical (unpaired) electrons. The average Bonchev–Trinajstić information content (AvgIpc) is 2.68. The number of aromatic nitrogens is 1. The van der Waals surface area contributed by atoms with Gasteiger partial charge in [0, 0.05) is 32.4 Å². The van der Waals surface area contributed by atoms with Crippen LogP contribution in [0, 0.1) is 6.92 Å². The van der Waals surface area contributed by atoms with Crippen LogP contribution in [0.15, 0.2) is 42.6 Å². The molecule has 136 valence electrons. The lowest BCUT2D eigenvalue weighted by Crippen LogP contribution is -2.51. The van der Waals surface area contributed by atoms with E-state index in [0.717, 1.165) is 16.9 Å². The molecule has 0 unspecified atom stereocenters. The van der Waals surface area contributed by atoms with E-state index >= 15 is 0 Å². The Morgan fingerprint density at radius 3 is 2.42 bits per heavy atom. The molecule has 1 saturated heterocycles. The molecule has 1 aliphatic rings. The predicted octanol–water partition coefficient (Wildman–Crippen LogP) is 1.93. The average molecular weight is 353 g/mol. The van der Waals surface area contributed by atoms with Crippen molar-refractivity contribution < 1.29 is 14.3 Å². The van der Waals surface area contributed by atoms with E-state index in [4.69, 9.17) is 4.74 Å². The standard InChI is InChI=1S/C20H23N3O3/c1-15-13-16(6-7-18(15)26-2)14-19(24)22-9-11-23(12-10-22)20(25)17-5-3-4-8-21-17/h3-8,13H,9-12,14H2,1-2H3. The van der Waals surface area contributed by atoms with Crippen molar-refractivity contribution in [1.82, 2.24) is 14.8 Å². The van der Waals surface area contributed by atoms with Crippen LogP contribution in [0.2, 0.25) is 0 Å². The van der Waals surface area contributed by atoms with Gasteiger partial charge in [0.1, 0.15) is 11.4 Å². The normalized spacial score (nSPS) is 14.2. The Balaban J connectivity index is 1.55. The summed E-state index contributed by atoms with van der Waals surface area (Å²) in [6.45, 7) is 4.12. The molecule has 3 rings (SSSR count). The lowest BCUT2D eigenvalue weighted by Gasteiger charge is -2.34. The summed E-state index contributed by atoms with van der Waals surface area (Å²) < 4.78 is 5.25. The minimum atomic E-state index is -0.0801. The SMILES string of the molecule is COc1ccc(CC(=O)N2CCN(C(=O)c3ccccn3)CC2)cc1C. The Hall–Kier alpha value is -2.89. The molecule has 0 saturated carbocycles. The van der Waals surface area contributed by atoms with E-state index in [0.29, 0.717) is 38.3 Å². The molecule has 0 bridgehead atoms. The Bertz CT molecular complexity index is 784. The van der Waals surface area contributed by atoms with Crippen LogP contribution in [0.4, 0.5) is 0 Å². The van der Waals surface area contributed by atoms with E-state index in [-0.39, 0.29) is 11.8 Å². The largest absolute Gasteiger partial charge is 0.496 e. The predicted molar refractivity (Wildman–Crippen MR) is 98.2 cm³/mol. The van der Waals surface area contributed by atoms with Crippen molar-refractivity contribution in [1.29, 1.82) is 0 Å². The Labute approximate surface area is 153 Å². The first-order valence-electron chi connectivity index (χ1n) is 8.70. The van der Waals surface area contributed by atoms with Crippen LogP contribution in [0.3, 0.4) is 0 Å². The summed E-state index contributed by atoms with van der Waals surface area (Å²) in [5.74, 6) is 0.825. The first kappa shape index (κ1) is 17.9. The van der Waals surface area contributed by atoms with Crippen LogP contribution < -0.4 is 4.74 Å². The van der Waals surface area contributed by atoms with Gasteiger partial charge >= 0.3 is 0 Å². The van der Waals surface area contributed by atoms with Crippen LogP contribution >= 0.6 is 0 Å². The zero-order valence-corrected chi connectivity index (χ0v) is 15.1. The molecule has 26 heavy (non-hydrogen) atoms. The van der Waals surface area contributed by atoms with Gasteiger partial charge in [0.05, 0.1) is 13.5 Å². The van der Waals surface area contributed by atoms with E-state index < -0.39 is 0 Å². The topological polar surface area (TPSA) is 62.7 Å². The number of pyridine rings is 1. The van der Waals surface area contributed by atoms with Crippen molar-refractivity contribution in [2.24, 2.45) is 0 Å². The molecule has 1 fully saturated rings. The van der Waals surface area contributed by atoms with Crippen molar-refractivity contribution in [2.75, 3.05) is 33.3 Å². The molecule has 0 N–H and O–H groups in total. The maximum atomic E-state index is 12.6. The monoisotopic (exact) mass is 353 g/mol. The second-order valence-electron chi connectivity index (χ2n) is 6.37. The number of hydrogen-bond acceptors (Lipinski definition) is 4. The van der Waals surface area contributed by atoms with Gasteiger partial charge in [-0.2, -0.15) is 0 Å². The van der Waals surface area contributed by atoms with E-state index in [1.807, 2.05) is 30.0 Å². The van der Waals surface area contributed by atoms with Crippen molar-refractivity contribution >= 4 is 11.8 Å². The third-order valence-corrected chi connectivity index (χ3v) is 4.62. The first-order valence-corrected chi connectivity index (χ1v) is 8.70. The highest BCUT2D eigenvalue weighted by atomic mass is 16.5. The van der Waals surface area contributed by atoms with Crippen LogP contribution in [0.25, 0.3) is 0 Å². The highest BCUT2D eigenvalue weighted by Crippen LogP contribution is 2.19. The summed E-state index contributed by atoms with van der Waals surface area (Å²) >= 11 is 0. The quantitative estimate of drug-likeness (QED) is 0.843. The number of amides is 2. The van der Waals surface area contributed by atoms with Gasteiger partial charge in [0.15, 0.2) is 0 Å². The molecule has 0 spiro atoms. The number of piperazine rings is 1. The molecular weight excluding hydrogens is 330 g/mol. The highest BCUT2D eigenvalue weighted by molar-refractivity contribution is 5.92. The fourth-order valence-corrected chi connectivity index (χ4v) is 3.15. The summed E-state index contributed by atoms with van der Waals surface area (Å²) in [7, 11) is 1.64. The summed E-state index contributed by atoms with van der Waals surface area (Å²) in [6.07, 6.45) is 1.98. The zero-order chi connectivity index (χ0) is 18.5. The maximum Gasteiger partial charge on any atom is 0.272 e. The number of carbonyl (C=O) groups is 2. The van der Waals surface area contributed by atoms with Crippen molar-refractivity contribution in [3.05, 3.63) is 59.4 Å². The molecule has 1 aromatic heterocycles. The van der Waals surface area contributed by atoms with Crippen molar-refractivity contribution in [3.8, 4) is 5.75 Å². The zero-order valence-electron chi connectivity index (χ0n) is 15.1. The summed E-state index contributed by atoms with van der Waals surface area (Å²) in [5.41, 5.74) is 2.44. The minimum absolute atomic E-state index is 0.0801.